The van der Waals surface area contributed by atoms with E-state index in [9.17, 15) is 18.0 Å². The number of carboxylic acids is 1. The summed E-state index contributed by atoms with van der Waals surface area (Å²) in [4.78, 5) is 21.2. The van der Waals surface area contributed by atoms with Gasteiger partial charge in [0.15, 0.2) is 0 Å². The first kappa shape index (κ1) is 14.9. The van der Waals surface area contributed by atoms with Gasteiger partial charge in [-0.1, -0.05) is 0 Å². The maximum atomic E-state index is 11.8. The number of piperidine rings is 1. The van der Waals surface area contributed by atoms with E-state index in [1.54, 1.807) is 0 Å². The lowest BCUT2D eigenvalue weighted by Crippen LogP contribution is -2.46. The normalized spacial score (nSPS) is 18.7. The van der Waals surface area contributed by atoms with E-state index in [4.69, 9.17) is 10.8 Å². The van der Waals surface area contributed by atoms with Gasteiger partial charge in [-0.3, -0.25) is 9.59 Å². The molecule has 4 N–H and O–H groups in total. The Kier molecular flexibility index (Phi) is 5.05. The summed E-state index contributed by atoms with van der Waals surface area (Å²) in [5, 5.41) is 8.79. The van der Waals surface area contributed by atoms with Crippen LogP contribution in [0.2, 0.25) is 0 Å². The fourth-order valence-electron chi connectivity index (χ4n) is 1.74. The Balaban J connectivity index is 2.45. The number of hydrogen-bond acceptors (Lipinski definition) is 4. The van der Waals surface area contributed by atoms with Crippen molar-refractivity contribution in [2.45, 2.75) is 19.3 Å². The molecule has 0 aliphatic carbocycles. The van der Waals surface area contributed by atoms with Crippen LogP contribution < -0.4 is 10.5 Å². The lowest BCUT2D eigenvalue weighted by atomic mass is 9.99. The predicted octanol–water partition coefficient (Wildman–Crippen LogP) is -1.51. The highest BCUT2D eigenvalue weighted by atomic mass is 32.2. The molecule has 0 radical (unpaired) electrons. The molecule has 1 saturated heterocycles. The zero-order valence-electron chi connectivity index (χ0n) is 9.83. The molecule has 0 aromatic carbocycles. The van der Waals surface area contributed by atoms with Crippen molar-refractivity contribution >= 4 is 22.1 Å². The third kappa shape index (κ3) is 4.24. The van der Waals surface area contributed by atoms with Gasteiger partial charge in [0.2, 0.25) is 5.91 Å². The van der Waals surface area contributed by atoms with Crippen molar-refractivity contribution in [2.24, 2.45) is 11.7 Å². The van der Waals surface area contributed by atoms with E-state index < -0.39 is 28.0 Å². The van der Waals surface area contributed by atoms with Crippen molar-refractivity contribution in [3.8, 4) is 0 Å². The SMILES string of the molecule is NC(=O)CCNS(=O)(=O)N1CCC(C(=O)O)CC1. The smallest absolute Gasteiger partial charge is 0.306 e. The van der Waals surface area contributed by atoms with Gasteiger partial charge in [0, 0.05) is 26.1 Å². The van der Waals surface area contributed by atoms with Crippen LogP contribution in [0.5, 0.6) is 0 Å². The summed E-state index contributed by atoms with van der Waals surface area (Å²) in [7, 11) is -3.65. The van der Waals surface area contributed by atoms with Crippen molar-refractivity contribution in [3.05, 3.63) is 0 Å². The minimum absolute atomic E-state index is 0.0451. The third-order valence-corrected chi connectivity index (χ3v) is 4.41. The topological polar surface area (TPSA) is 130 Å². The van der Waals surface area contributed by atoms with Crippen molar-refractivity contribution in [2.75, 3.05) is 19.6 Å². The molecule has 0 unspecified atom stereocenters. The van der Waals surface area contributed by atoms with Crippen LogP contribution in [0.3, 0.4) is 0 Å². The summed E-state index contributed by atoms with van der Waals surface area (Å²) in [6.45, 7) is 0.294. The Morgan fingerprint density at radius 2 is 1.89 bits per heavy atom. The highest BCUT2D eigenvalue weighted by Gasteiger charge is 2.30. The monoisotopic (exact) mass is 279 g/mol. The molecule has 9 heteroatoms. The number of hydrogen-bond donors (Lipinski definition) is 3. The highest BCUT2D eigenvalue weighted by molar-refractivity contribution is 7.87. The summed E-state index contributed by atoms with van der Waals surface area (Å²) >= 11 is 0. The molecule has 1 aliphatic heterocycles. The largest absolute Gasteiger partial charge is 0.481 e. The van der Waals surface area contributed by atoms with Gasteiger partial charge in [-0.05, 0) is 12.8 Å². The highest BCUT2D eigenvalue weighted by Crippen LogP contribution is 2.18. The molecule has 1 heterocycles. The Morgan fingerprint density at radius 1 is 1.33 bits per heavy atom. The minimum Gasteiger partial charge on any atom is -0.481 e. The van der Waals surface area contributed by atoms with E-state index in [1.807, 2.05) is 0 Å². The first-order valence-electron chi connectivity index (χ1n) is 5.59. The van der Waals surface area contributed by atoms with Crippen molar-refractivity contribution < 1.29 is 23.1 Å². The standard InChI is InChI=1S/C9H17N3O5S/c10-8(13)1-4-11-18(16,17)12-5-2-7(3-6-12)9(14)15/h7,11H,1-6H2,(H2,10,13)(H,14,15). The summed E-state index contributed by atoms with van der Waals surface area (Å²) in [6, 6.07) is 0. The van der Waals surface area contributed by atoms with Gasteiger partial charge < -0.3 is 10.8 Å². The Labute approximate surface area is 105 Å². The molecule has 0 aromatic heterocycles. The number of nitrogens with two attached hydrogens (primary N) is 1. The van der Waals surface area contributed by atoms with Crippen molar-refractivity contribution in [3.63, 3.8) is 0 Å². The molecule has 0 saturated carbocycles. The van der Waals surface area contributed by atoms with Crippen LogP contribution in [-0.2, 0) is 19.8 Å². The van der Waals surface area contributed by atoms with Gasteiger partial charge in [-0.25, -0.2) is 4.72 Å². The number of primary amides is 1. The van der Waals surface area contributed by atoms with Crippen LogP contribution in [0.15, 0.2) is 0 Å². The summed E-state index contributed by atoms with van der Waals surface area (Å²) in [5.41, 5.74) is 4.90. The quantitative estimate of drug-likeness (QED) is 0.544. The van der Waals surface area contributed by atoms with Crippen LogP contribution in [0.1, 0.15) is 19.3 Å². The second-order valence-electron chi connectivity index (χ2n) is 4.13. The first-order valence-corrected chi connectivity index (χ1v) is 7.03. The van der Waals surface area contributed by atoms with Gasteiger partial charge >= 0.3 is 5.97 Å². The average molecular weight is 279 g/mol. The number of rotatable bonds is 6. The van der Waals surface area contributed by atoms with Gasteiger partial charge in [-0.2, -0.15) is 12.7 Å². The molecule has 1 amide bonds. The van der Waals surface area contributed by atoms with E-state index in [0.29, 0.717) is 12.8 Å². The third-order valence-electron chi connectivity index (χ3n) is 2.80. The number of carbonyl (C=O) groups excluding carboxylic acids is 1. The van der Waals surface area contributed by atoms with Gasteiger partial charge in [-0.15, -0.1) is 0 Å². The molecular weight excluding hydrogens is 262 g/mol. The first-order chi connectivity index (χ1) is 8.33. The number of aliphatic carboxylic acids is 1. The van der Waals surface area contributed by atoms with Crippen LogP contribution in [0.25, 0.3) is 0 Å². The van der Waals surface area contributed by atoms with E-state index in [2.05, 4.69) is 4.72 Å². The molecule has 1 rings (SSSR count). The van der Waals surface area contributed by atoms with Crippen molar-refractivity contribution in [1.29, 1.82) is 0 Å². The number of carbonyl (C=O) groups is 2. The molecule has 1 aliphatic rings. The molecule has 18 heavy (non-hydrogen) atoms. The zero-order chi connectivity index (χ0) is 13.8. The molecule has 0 aromatic rings. The van der Waals surface area contributed by atoms with Crippen LogP contribution >= 0.6 is 0 Å². The van der Waals surface area contributed by atoms with E-state index >= 15 is 0 Å². The molecule has 0 spiro atoms. The van der Waals surface area contributed by atoms with E-state index in [1.165, 1.54) is 4.31 Å². The van der Waals surface area contributed by atoms with Crippen LogP contribution in [0, 0.1) is 5.92 Å². The van der Waals surface area contributed by atoms with Gasteiger partial charge in [0.25, 0.3) is 10.2 Å². The lowest BCUT2D eigenvalue weighted by Gasteiger charge is -2.29. The molecule has 0 atom stereocenters. The van der Waals surface area contributed by atoms with Crippen LogP contribution in [-0.4, -0.2) is 49.3 Å². The number of carboxylic acid groups (broad SMARTS) is 1. The molecule has 8 nitrogen and oxygen atoms in total. The Bertz CT molecular complexity index is 414. The Morgan fingerprint density at radius 3 is 2.33 bits per heavy atom. The van der Waals surface area contributed by atoms with Gasteiger partial charge in [0.1, 0.15) is 0 Å². The second kappa shape index (κ2) is 6.12. The molecule has 1 fully saturated rings. The molecular formula is C9H17N3O5S. The summed E-state index contributed by atoms with van der Waals surface area (Å²) in [5.74, 6) is -1.96. The van der Waals surface area contributed by atoms with Crippen molar-refractivity contribution in [1.82, 2.24) is 9.03 Å². The summed E-state index contributed by atoms with van der Waals surface area (Å²) < 4.78 is 27.0. The molecule has 104 valence electrons. The second-order valence-corrected chi connectivity index (χ2v) is 5.88. The maximum absolute atomic E-state index is 11.8. The lowest BCUT2D eigenvalue weighted by molar-refractivity contribution is -0.143. The average Bonchev–Trinajstić information content (AvgIpc) is 2.28. The summed E-state index contributed by atoms with van der Waals surface area (Å²) in [6.07, 6.45) is 0.531. The predicted molar refractivity (Wildman–Crippen MR) is 62.7 cm³/mol. The Hall–Kier alpha value is -1.19. The zero-order valence-corrected chi connectivity index (χ0v) is 10.6. The van der Waals surface area contributed by atoms with Crippen LogP contribution in [0.4, 0.5) is 0 Å². The van der Waals surface area contributed by atoms with E-state index in [0.717, 1.165) is 0 Å². The number of nitrogens with one attached hydrogen (secondary N) is 1. The fourth-order valence-corrected chi connectivity index (χ4v) is 2.97. The number of amides is 1. The molecule has 0 bridgehead atoms. The maximum Gasteiger partial charge on any atom is 0.306 e. The number of nitrogens with zero attached hydrogens (tertiary/aromatic N) is 1. The van der Waals surface area contributed by atoms with Gasteiger partial charge in [0.05, 0.1) is 5.92 Å². The minimum atomic E-state index is -3.65. The van der Waals surface area contributed by atoms with E-state index in [-0.39, 0.29) is 26.1 Å². The fraction of sp³-hybridized carbons (Fsp3) is 0.778.